The minimum absolute atomic E-state index is 0.109. The summed E-state index contributed by atoms with van der Waals surface area (Å²) < 4.78 is 6.30. The van der Waals surface area contributed by atoms with Crippen molar-refractivity contribution in [2.45, 2.75) is 38.3 Å². The van der Waals surface area contributed by atoms with Crippen molar-refractivity contribution in [2.24, 2.45) is 0 Å². The Morgan fingerprint density at radius 2 is 1.79 bits per heavy atom. The zero-order valence-corrected chi connectivity index (χ0v) is 17.4. The molecule has 0 spiro atoms. The fourth-order valence-corrected chi connectivity index (χ4v) is 3.98. The van der Waals surface area contributed by atoms with Gasteiger partial charge in [-0.05, 0) is 43.2 Å². The molecule has 1 fully saturated rings. The summed E-state index contributed by atoms with van der Waals surface area (Å²) in [5.74, 6) is 0.776. The summed E-state index contributed by atoms with van der Waals surface area (Å²) in [5, 5.41) is 4.02. The van der Waals surface area contributed by atoms with E-state index in [1.165, 1.54) is 0 Å². The first kappa shape index (κ1) is 20.8. The largest absolute Gasteiger partial charge is 0.480 e. The molecule has 2 atom stereocenters. The Balaban J connectivity index is 1.93. The van der Waals surface area contributed by atoms with Gasteiger partial charge >= 0.3 is 0 Å². The van der Waals surface area contributed by atoms with Crippen LogP contribution in [0.15, 0.2) is 54.6 Å². The Kier molecular flexibility index (Phi) is 7.11. The second-order valence-electron chi connectivity index (χ2n) is 7.50. The lowest BCUT2D eigenvalue weighted by molar-refractivity contribution is -0.140. The first-order valence-electron chi connectivity index (χ1n) is 10.0. The number of ether oxygens (including phenoxy) is 1. The highest BCUT2D eigenvalue weighted by Crippen LogP contribution is 2.33. The minimum Gasteiger partial charge on any atom is -0.480 e. The van der Waals surface area contributed by atoms with Gasteiger partial charge in [0.05, 0.1) is 6.04 Å². The standard InChI is InChI=1S/C23H29ClN2O2/c1-3-13-23(2,28-20-11-9-19(24)10-12-20)22(27)21(18-7-5-4-6-8-18)26-16-14-25-15-17-26/h4-12,21,25H,3,13-17H2,1-2H3. The van der Waals surface area contributed by atoms with Gasteiger partial charge < -0.3 is 10.1 Å². The first-order valence-corrected chi connectivity index (χ1v) is 10.4. The van der Waals surface area contributed by atoms with E-state index >= 15 is 0 Å². The van der Waals surface area contributed by atoms with E-state index in [-0.39, 0.29) is 11.8 Å². The summed E-state index contributed by atoms with van der Waals surface area (Å²) in [4.78, 5) is 16.2. The summed E-state index contributed by atoms with van der Waals surface area (Å²) in [6.45, 7) is 7.46. The zero-order chi connectivity index (χ0) is 20.0. The highest BCUT2D eigenvalue weighted by atomic mass is 35.5. The van der Waals surface area contributed by atoms with Crippen molar-refractivity contribution < 1.29 is 9.53 Å². The van der Waals surface area contributed by atoms with Crippen LogP contribution in [0, 0.1) is 0 Å². The van der Waals surface area contributed by atoms with Crippen LogP contribution in [0.3, 0.4) is 0 Å². The third-order valence-electron chi connectivity index (χ3n) is 5.29. The molecule has 1 saturated heterocycles. The van der Waals surface area contributed by atoms with Crippen molar-refractivity contribution in [1.82, 2.24) is 10.2 Å². The molecule has 0 amide bonds. The van der Waals surface area contributed by atoms with E-state index in [1.54, 1.807) is 12.1 Å². The lowest BCUT2D eigenvalue weighted by atomic mass is 9.86. The van der Waals surface area contributed by atoms with E-state index < -0.39 is 5.60 Å². The van der Waals surface area contributed by atoms with Gasteiger partial charge in [-0.1, -0.05) is 55.3 Å². The summed E-state index contributed by atoms with van der Waals surface area (Å²) in [6, 6.07) is 17.0. The van der Waals surface area contributed by atoms with Crippen LogP contribution in [0.2, 0.25) is 5.02 Å². The molecule has 150 valence electrons. The van der Waals surface area contributed by atoms with Crippen LogP contribution in [0.1, 0.15) is 38.3 Å². The summed E-state index contributed by atoms with van der Waals surface area (Å²) in [7, 11) is 0. The van der Waals surface area contributed by atoms with E-state index in [1.807, 2.05) is 49.4 Å². The van der Waals surface area contributed by atoms with E-state index in [9.17, 15) is 4.79 Å². The predicted molar refractivity (Wildman–Crippen MR) is 114 cm³/mol. The van der Waals surface area contributed by atoms with Gasteiger partial charge in [-0.3, -0.25) is 9.69 Å². The van der Waals surface area contributed by atoms with Crippen LogP contribution >= 0.6 is 11.6 Å². The third kappa shape index (κ3) is 4.93. The normalized spacial score (nSPS) is 18.2. The lowest BCUT2D eigenvalue weighted by Gasteiger charge is -2.39. The molecular weight excluding hydrogens is 372 g/mol. The van der Waals surface area contributed by atoms with Crippen LogP contribution in [0.5, 0.6) is 5.75 Å². The molecule has 2 aromatic rings. The highest BCUT2D eigenvalue weighted by molar-refractivity contribution is 6.30. The van der Waals surface area contributed by atoms with Crippen molar-refractivity contribution in [3.8, 4) is 5.75 Å². The molecule has 2 unspecified atom stereocenters. The molecule has 5 heteroatoms. The minimum atomic E-state index is -0.909. The molecular formula is C23H29ClN2O2. The van der Waals surface area contributed by atoms with Crippen LogP contribution in [-0.2, 0) is 4.79 Å². The second kappa shape index (κ2) is 9.55. The molecule has 0 aromatic heterocycles. The maximum Gasteiger partial charge on any atom is 0.197 e. The zero-order valence-electron chi connectivity index (χ0n) is 16.7. The van der Waals surface area contributed by atoms with Crippen molar-refractivity contribution in [2.75, 3.05) is 26.2 Å². The quantitative estimate of drug-likeness (QED) is 0.708. The number of nitrogens with one attached hydrogen (secondary N) is 1. The SMILES string of the molecule is CCCC(C)(Oc1ccc(Cl)cc1)C(=O)C(c1ccccc1)N1CCNCC1. The van der Waals surface area contributed by atoms with Gasteiger partial charge in [0.2, 0.25) is 0 Å². The monoisotopic (exact) mass is 400 g/mol. The number of Topliss-reactive ketones (excluding diaryl/α,β-unsaturated/α-hetero) is 1. The Hall–Kier alpha value is -1.88. The van der Waals surface area contributed by atoms with Crippen molar-refractivity contribution in [1.29, 1.82) is 0 Å². The molecule has 1 heterocycles. The van der Waals surface area contributed by atoms with Gasteiger partial charge in [0, 0.05) is 31.2 Å². The van der Waals surface area contributed by atoms with Crippen LogP contribution in [0.25, 0.3) is 0 Å². The fourth-order valence-electron chi connectivity index (χ4n) is 3.86. The van der Waals surface area contributed by atoms with Crippen molar-refractivity contribution in [3.05, 3.63) is 65.2 Å². The summed E-state index contributed by atoms with van der Waals surface area (Å²) in [5.41, 5.74) is 0.116. The molecule has 0 radical (unpaired) electrons. The average Bonchev–Trinajstić information content (AvgIpc) is 2.72. The van der Waals surface area contributed by atoms with Crippen LogP contribution < -0.4 is 10.1 Å². The Labute approximate surface area is 172 Å². The molecule has 4 nitrogen and oxygen atoms in total. The molecule has 0 aliphatic carbocycles. The number of halogens is 1. The predicted octanol–water partition coefficient (Wildman–Crippen LogP) is 4.49. The van der Waals surface area contributed by atoms with Crippen molar-refractivity contribution in [3.63, 3.8) is 0 Å². The lowest BCUT2D eigenvalue weighted by Crippen LogP contribution is -2.53. The first-order chi connectivity index (χ1) is 13.5. The number of hydrogen-bond acceptors (Lipinski definition) is 4. The molecule has 28 heavy (non-hydrogen) atoms. The molecule has 1 aliphatic heterocycles. The number of piperazine rings is 1. The van der Waals surface area contributed by atoms with Gasteiger partial charge in [-0.25, -0.2) is 0 Å². The molecule has 0 bridgehead atoms. The number of hydrogen-bond donors (Lipinski definition) is 1. The number of rotatable bonds is 8. The maximum absolute atomic E-state index is 13.9. The number of nitrogens with zero attached hydrogens (tertiary/aromatic N) is 1. The fraction of sp³-hybridized carbons (Fsp3) is 0.435. The highest BCUT2D eigenvalue weighted by Gasteiger charge is 2.42. The third-order valence-corrected chi connectivity index (χ3v) is 5.54. The van der Waals surface area contributed by atoms with E-state index in [0.717, 1.165) is 38.2 Å². The number of ketones is 1. The van der Waals surface area contributed by atoms with Crippen molar-refractivity contribution >= 4 is 17.4 Å². The van der Waals surface area contributed by atoms with Gasteiger partial charge in [-0.15, -0.1) is 0 Å². The molecule has 3 rings (SSSR count). The number of benzene rings is 2. The van der Waals surface area contributed by atoms with Crippen LogP contribution in [-0.4, -0.2) is 42.5 Å². The Bertz CT molecular complexity index is 760. The topological polar surface area (TPSA) is 41.6 Å². The molecule has 2 aromatic carbocycles. The van der Waals surface area contributed by atoms with E-state index in [0.29, 0.717) is 17.2 Å². The van der Waals surface area contributed by atoms with E-state index in [4.69, 9.17) is 16.3 Å². The van der Waals surface area contributed by atoms with Gasteiger partial charge in [0.25, 0.3) is 0 Å². The second-order valence-corrected chi connectivity index (χ2v) is 7.94. The molecule has 0 saturated carbocycles. The smallest absolute Gasteiger partial charge is 0.197 e. The maximum atomic E-state index is 13.9. The Morgan fingerprint density at radius 1 is 1.14 bits per heavy atom. The summed E-state index contributed by atoms with van der Waals surface area (Å²) >= 11 is 6.00. The number of carbonyl (C=O) groups is 1. The van der Waals surface area contributed by atoms with Gasteiger partial charge in [0.15, 0.2) is 11.4 Å². The van der Waals surface area contributed by atoms with E-state index in [2.05, 4.69) is 17.1 Å². The number of carbonyl (C=O) groups excluding carboxylic acids is 1. The van der Waals surface area contributed by atoms with Gasteiger partial charge in [0.1, 0.15) is 5.75 Å². The Morgan fingerprint density at radius 3 is 2.39 bits per heavy atom. The molecule has 1 aliphatic rings. The summed E-state index contributed by atoms with van der Waals surface area (Å²) in [6.07, 6.45) is 1.52. The van der Waals surface area contributed by atoms with Gasteiger partial charge in [-0.2, -0.15) is 0 Å². The van der Waals surface area contributed by atoms with Crippen LogP contribution in [0.4, 0.5) is 0 Å². The molecule has 1 N–H and O–H groups in total. The average molecular weight is 401 g/mol.